The van der Waals surface area contributed by atoms with Gasteiger partial charge in [0.2, 0.25) is 0 Å². The fourth-order valence-corrected chi connectivity index (χ4v) is 2.72. The van der Waals surface area contributed by atoms with E-state index in [2.05, 4.69) is 10.3 Å². The first kappa shape index (κ1) is 16.8. The number of nitrogens with zero attached hydrogens (tertiary/aromatic N) is 1. The van der Waals surface area contributed by atoms with Gasteiger partial charge >= 0.3 is 0 Å². The summed E-state index contributed by atoms with van der Waals surface area (Å²) in [6.45, 7) is 1.24. The summed E-state index contributed by atoms with van der Waals surface area (Å²) < 4.78 is 5.79. The average Bonchev–Trinajstić information content (AvgIpc) is 3.42. The summed E-state index contributed by atoms with van der Waals surface area (Å²) in [5, 5.41) is 3.35. The number of ether oxygens (including phenoxy) is 1. The van der Waals surface area contributed by atoms with Gasteiger partial charge in [0.05, 0.1) is 17.2 Å². The van der Waals surface area contributed by atoms with Gasteiger partial charge in [-0.2, -0.15) is 0 Å². The van der Waals surface area contributed by atoms with Gasteiger partial charge in [0.15, 0.2) is 0 Å². The van der Waals surface area contributed by atoms with E-state index in [1.54, 1.807) is 18.3 Å². The van der Waals surface area contributed by atoms with Gasteiger partial charge in [-0.15, -0.1) is 0 Å². The molecule has 126 valence electrons. The zero-order chi connectivity index (χ0) is 16.8. The molecule has 1 aromatic carbocycles. The summed E-state index contributed by atoms with van der Waals surface area (Å²) in [6, 6.07) is 9.28. The number of carbonyl (C=O) groups is 1. The Bertz CT molecular complexity index is 687. The van der Waals surface area contributed by atoms with Crippen LogP contribution in [0.5, 0.6) is 5.75 Å². The number of amides is 1. The summed E-state index contributed by atoms with van der Waals surface area (Å²) in [4.78, 5) is 16.6. The van der Waals surface area contributed by atoms with Crippen LogP contribution in [0.4, 0.5) is 0 Å². The SMILES string of the molecule is O=C(NCCCc1cccnc1)c1c(Cl)cccc1OCC1CC1. The Morgan fingerprint density at radius 1 is 1.29 bits per heavy atom. The minimum Gasteiger partial charge on any atom is -0.492 e. The minimum absolute atomic E-state index is 0.183. The molecular weight excluding hydrogens is 324 g/mol. The number of carbonyl (C=O) groups excluding carboxylic acids is 1. The summed E-state index contributed by atoms with van der Waals surface area (Å²) in [5.41, 5.74) is 1.60. The standard InChI is InChI=1S/C19H21ClN2O2/c20-16-6-1-7-17(24-13-15-8-9-15)18(16)19(23)22-11-3-5-14-4-2-10-21-12-14/h1-2,4,6-7,10,12,15H,3,5,8-9,11,13H2,(H,22,23). The molecule has 1 N–H and O–H groups in total. The lowest BCUT2D eigenvalue weighted by atomic mass is 10.1. The maximum atomic E-state index is 12.5. The Kier molecular flexibility index (Phi) is 5.70. The normalized spacial score (nSPS) is 13.5. The van der Waals surface area contributed by atoms with Crippen LogP contribution in [-0.2, 0) is 6.42 Å². The molecule has 0 aliphatic heterocycles. The van der Waals surface area contributed by atoms with Crippen molar-refractivity contribution < 1.29 is 9.53 Å². The lowest BCUT2D eigenvalue weighted by Gasteiger charge is -2.13. The number of hydrogen-bond donors (Lipinski definition) is 1. The lowest BCUT2D eigenvalue weighted by molar-refractivity contribution is 0.0949. The van der Waals surface area contributed by atoms with Crippen LogP contribution < -0.4 is 10.1 Å². The van der Waals surface area contributed by atoms with Crippen molar-refractivity contribution in [2.45, 2.75) is 25.7 Å². The van der Waals surface area contributed by atoms with E-state index in [1.165, 1.54) is 12.8 Å². The highest BCUT2D eigenvalue weighted by atomic mass is 35.5. The third-order valence-electron chi connectivity index (χ3n) is 4.02. The van der Waals surface area contributed by atoms with Crippen LogP contribution in [0.15, 0.2) is 42.7 Å². The topological polar surface area (TPSA) is 51.2 Å². The summed E-state index contributed by atoms with van der Waals surface area (Å²) in [6.07, 6.45) is 7.74. The van der Waals surface area contributed by atoms with Crippen LogP contribution >= 0.6 is 11.6 Å². The molecule has 0 spiro atoms. The van der Waals surface area contributed by atoms with Crippen LogP contribution in [0.25, 0.3) is 0 Å². The van der Waals surface area contributed by atoms with Crippen molar-refractivity contribution in [3.05, 3.63) is 58.9 Å². The summed E-state index contributed by atoms with van der Waals surface area (Å²) >= 11 is 6.21. The van der Waals surface area contributed by atoms with Gasteiger partial charge in [0.25, 0.3) is 5.91 Å². The quantitative estimate of drug-likeness (QED) is 0.739. The maximum Gasteiger partial charge on any atom is 0.256 e. The van der Waals surface area contributed by atoms with E-state index in [-0.39, 0.29) is 5.91 Å². The van der Waals surface area contributed by atoms with Gasteiger partial charge in [-0.3, -0.25) is 9.78 Å². The van der Waals surface area contributed by atoms with E-state index in [4.69, 9.17) is 16.3 Å². The van der Waals surface area contributed by atoms with Gasteiger partial charge in [0, 0.05) is 18.9 Å². The molecule has 0 radical (unpaired) electrons. The van der Waals surface area contributed by atoms with Gasteiger partial charge in [0.1, 0.15) is 5.75 Å². The van der Waals surface area contributed by atoms with E-state index in [0.29, 0.717) is 35.4 Å². The molecule has 1 saturated carbocycles. The van der Waals surface area contributed by atoms with Crippen molar-refractivity contribution in [2.24, 2.45) is 5.92 Å². The van der Waals surface area contributed by atoms with E-state index in [0.717, 1.165) is 18.4 Å². The van der Waals surface area contributed by atoms with E-state index in [9.17, 15) is 4.79 Å². The highest BCUT2D eigenvalue weighted by molar-refractivity contribution is 6.34. The maximum absolute atomic E-state index is 12.5. The van der Waals surface area contributed by atoms with Crippen LogP contribution in [-0.4, -0.2) is 24.0 Å². The Hall–Kier alpha value is -2.07. The third-order valence-corrected chi connectivity index (χ3v) is 4.34. The Labute approximate surface area is 147 Å². The zero-order valence-electron chi connectivity index (χ0n) is 13.5. The van der Waals surface area contributed by atoms with Crippen LogP contribution in [0.3, 0.4) is 0 Å². The number of hydrogen-bond acceptors (Lipinski definition) is 3. The second-order valence-corrected chi connectivity index (χ2v) is 6.50. The Balaban J connectivity index is 1.53. The molecule has 1 aromatic heterocycles. The second kappa shape index (κ2) is 8.15. The molecule has 0 unspecified atom stereocenters. The monoisotopic (exact) mass is 344 g/mol. The molecule has 4 nitrogen and oxygen atoms in total. The van der Waals surface area contributed by atoms with E-state index in [1.807, 2.05) is 24.4 Å². The molecule has 24 heavy (non-hydrogen) atoms. The van der Waals surface area contributed by atoms with E-state index < -0.39 is 0 Å². The predicted octanol–water partition coefficient (Wildman–Crippen LogP) is 3.89. The second-order valence-electron chi connectivity index (χ2n) is 6.09. The lowest BCUT2D eigenvalue weighted by Crippen LogP contribution is -2.26. The van der Waals surface area contributed by atoms with Crippen molar-refractivity contribution in [3.8, 4) is 5.75 Å². The number of rotatable bonds is 8. The molecular formula is C19H21ClN2O2. The van der Waals surface area contributed by atoms with Crippen LogP contribution in [0.2, 0.25) is 5.02 Å². The largest absolute Gasteiger partial charge is 0.492 e. The number of benzene rings is 1. The smallest absolute Gasteiger partial charge is 0.256 e. The molecule has 5 heteroatoms. The summed E-state index contributed by atoms with van der Waals surface area (Å²) in [5.74, 6) is 1.01. The first-order valence-electron chi connectivity index (χ1n) is 8.32. The van der Waals surface area contributed by atoms with E-state index >= 15 is 0 Å². The van der Waals surface area contributed by atoms with Crippen molar-refractivity contribution in [2.75, 3.05) is 13.2 Å². The highest BCUT2D eigenvalue weighted by Crippen LogP contribution is 2.32. The van der Waals surface area contributed by atoms with Gasteiger partial charge < -0.3 is 10.1 Å². The van der Waals surface area contributed by atoms with Crippen molar-refractivity contribution >= 4 is 17.5 Å². The minimum atomic E-state index is -0.183. The fraction of sp³-hybridized carbons (Fsp3) is 0.368. The average molecular weight is 345 g/mol. The molecule has 1 heterocycles. The molecule has 1 aliphatic rings. The number of aromatic nitrogens is 1. The van der Waals surface area contributed by atoms with Crippen molar-refractivity contribution in [1.29, 1.82) is 0 Å². The number of pyridine rings is 1. The van der Waals surface area contributed by atoms with Crippen LogP contribution in [0.1, 0.15) is 35.2 Å². The fourth-order valence-electron chi connectivity index (χ4n) is 2.47. The van der Waals surface area contributed by atoms with Crippen LogP contribution in [0, 0.1) is 5.92 Å². The number of halogens is 1. The summed E-state index contributed by atoms with van der Waals surface area (Å²) in [7, 11) is 0. The highest BCUT2D eigenvalue weighted by Gasteiger charge is 2.23. The molecule has 0 bridgehead atoms. The third kappa shape index (κ3) is 4.71. The van der Waals surface area contributed by atoms with Crippen molar-refractivity contribution in [3.63, 3.8) is 0 Å². The van der Waals surface area contributed by atoms with Crippen molar-refractivity contribution in [1.82, 2.24) is 10.3 Å². The first-order valence-corrected chi connectivity index (χ1v) is 8.70. The van der Waals surface area contributed by atoms with Gasteiger partial charge in [-0.1, -0.05) is 23.7 Å². The molecule has 0 atom stereocenters. The van der Waals surface area contributed by atoms with Gasteiger partial charge in [-0.25, -0.2) is 0 Å². The first-order chi connectivity index (χ1) is 11.7. The molecule has 3 rings (SSSR count). The Morgan fingerprint density at radius 2 is 2.17 bits per heavy atom. The molecule has 1 aliphatic carbocycles. The molecule has 0 saturated heterocycles. The predicted molar refractivity (Wildman–Crippen MR) is 94.6 cm³/mol. The number of nitrogens with one attached hydrogen (secondary N) is 1. The zero-order valence-corrected chi connectivity index (χ0v) is 14.3. The van der Waals surface area contributed by atoms with Gasteiger partial charge in [-0.05, 0) is 55.4 Å². The molecule has 2 aromatic rings. The Morgan fingerprint density at radius 3 is 2.92 bits per heavy atom. The molecule has 1 amide bonds. The molecule has 1 fully saturated rings. The number of aryl methyl sites for hydroxylation is 1.